The van der Waals surface area contributed by atoms with Gasteiger partial charge >= 0.3 is 0 Å². The summed E-state index contributed by atoms with van der Waals surface area (Å²) >= 11 is 14.5. The molecule has 6 nitrogen and oxygen atoms in total. The number of phenols is 1. The van der Waals surface area contributed by atoms with Gasteiger partial charge in [-0.2, -0.15) is 0 Å². The van der Waals surface area contributed by atoms with Crippen LogP contribution in [0.5, 0.6) is 5.75 Å². The molecule has 1 atom stereocenters. The van der Waals surface area contributed by atoms with Gasteiger partial charge in [0.2, 0.25) is 5.91 Å². The third-order valence-electron chi connectivity index (χ3n) is 8.84. The maximum absolute atomic E-state index is 13.8. The molecule has 2 saturated heterocycles. The summed E-state index contributed by atoms with van der Waals surface area (Å²) in [7, 11) is 0. The monoisotopic (exact) mass is 658 g/mol. The van der Waals surface area contributed by atoms with E-state index in [1.165, 1.54) is 6.07 Å². The van der Waals surface area contributed by atoms with Crippen LogP contribution in [-0.4, -0.2) is 83.3 Å². The maximum Gasteiger partial charge on any atom is 0.239 e. The third-order valence-corrected chi connectivity index (χ3v) is 10.4. The van der Waals surface area contributed by atoms with Crippen molar-refractivity contribution in [3.8, 4) is 16.9 Å². The summed E-state index contributed by atoms with van der Waals surface area (Å²) in [4.78, 5) is 21.0. The van der Waals surface area contributed by atoms with Crippen molar-refractivity contribution in [2.24, 2.45) is 11.7 Å². The maximum atomic E-state index is 13.8. The van der Waals surface area contributed by atoms with Crippen LogP contribution in [-0.2, 0) is 17.8 Å². The van der Waals surface area contributed by atoms with Crippen LogP contribution in [0.2, 0.25) is 10.0 Å². The summed E-state index contributed by atoms with van der Waals surface area (Å²) in [6.07, 6.45) is 2.56. The van der Waals surface area contributed by atoms with Crippen molar-refractivity contribution in [2.75, 3.05) is 51.6 Å². The topological polar surface area (TPSA) is 73.0 Å². The molecule has 1 amide bonds. The van der Waals surface area contributed by atoms with Crippen molar-refractivity contribution in [1.29, 1.82) is 0 Å². The van der Waals surface area contributed by atoms with Gasteiger partial charge in [-0.05, 0) is 103 Å². The molecule has 0 bridgehead atoms. The Labute approximate surface area is 274 Å². The van der Waals surface area contributed by atoms with E-state index < -0.39 is 6.04 Å². The van der Waals surface area contributed by atoms with E-state index in [0.29, 0.717) is 23.1 Å². The summed E-state index contributed by atoms with van der Waals surface area (Å²) in [6.45, 7) is 8.34. The molecule has 5 rings (SSSR count). The van der Waals surface area contributed by atoms with Crippen molar-refractivity contribution in [3.05, 3.63) is 81.6 Å². The van der Waals surface area contributed by atoms with E-state index in [9.17, 15) is 14.3 Å². The standard InChI is InChI=1S/C34H41Cl2FN4O2S/c1-2-44-32-20-27(37)5-3-25(32)22-40-15-17-41(18-16-40)34(43)33(38)23-9-12-39(13-10-23)14-11-24-19-26(35)4-7-29(24)30-21-28(42)6-8-31(30)36/h3-8,19-21,23,33,42H,2,9-18,22,38H2,1H3/t33-/m1/s1. The minimum atomic E-state index is -0.485. The van der Waals surface area contributed by atoms with Gasteiger partial charge in [0.1, 0.15) is 11.6 Å². The van der Waals surface area contributed by atoms with Gasteiger partial charge in [-0.15, -0.1) is 11.8 Å². The van der Waals surface area contributed by atoms with Gasteiger partial charge in [0.05, 0.1) is 6.04 Å². The number of hydrogen-bond donors (Lipinski definition) is 2. The Kier molecular flexibility index (Phi) is 11.5. The number of thioether (sulfide) groups is 1. The van der Waals surface area contributed by atoms with E-state index in [1.54, 1.807) is 36.0 Å². The number of rotatable bonds is 10. The number of nitrogens with two attached hydrogens (primary N) is 1. The number of amides is 1. The minimum absolute atomic E-state index is 0.0543. The molecular formula is C34H41Cl2FN4O2S. The molecule has 3 N–H and O–H groups in total. The largest absolute Gasteiger partial charge is 0.508 e. The van der Waals surface area contributed by atoms with Crippen LogP contribution in [0.4, 0.5) is 4.39 Å². The molecule has 0 aromatic heterocycles. The molecule has 0 spiro atoms. The first-order chi connectivity index (χ1) is 21.2. The zero-order chi connectivity index (χ0) is 31.2. The van der Waals surface area contributed by atoms with Crippen molar-refractivity contribution in [1.82, 2.24) is 14.7 Å². The number of carbonyl (C=O) groups is 1. The average molecular weight is 660 g/mol. The zero-order valence-corrected chi connectivity index (χ0v) is 27.5. The van der Waals surface area contributed by atoms with Crippen LogP contribution in [0.1, 0.15) is 30.9 Å². The van der Waals surface area contributed by atoms with Gasteiger partial charge in [-0.25, -0.2) is 4.39 Å². The molecule has 44 heavy (non-hydrogen) atoms. The number of nitrogens with zero attached hydrogens (tertiary/aromatic N) is 3. The molecule has 236 valence electrons. The Balaban J connectivity index is 1.09. The smallest absolute Gasteiger partial charge is 0.239 e. The fourth-order valence-electron chi connectivity index (χ4n) is 6.29. The second-order valence-electron chi connectivity index (χ2n) is 11.7. The predicted molar refractivity (Wildman–Crippen MR) is 179 cm³/mol. The highest BCUT2D eigenvalue weighted by Crippen LogP contribution is 2.35. The SMILES string of the molecule is CCSc1cc(F)ccc1CN1CCN(C(=O)[C@H](N)C2CCN(CCc3cc(Cl)ccc3-c3cc(O)ccc3Cl)CC2)CC1. The highest BCUT2D eigenvalue weighted by molar-refractivity contribution is 7.99. The first-order valence-corrected chi connectivity index (χ1v) is 17.1. The number of aromatic hydroxyl groups is 1. The van der Waals surface area contributed by atoms with Crippen molar-refractivity contribution < 1.29 is 14.3 Å². The number of likely N-dealkylation sites (tertiary alicyclic amines) is 1. The lowest BCUT2D eigenvalue weighted by atomic mass is 9.88. The van der Waals surface area contributed by atoms with Gasteiger partial charge < -0.3 is 20.6 Å². The zero-order valence-electron chi connectivity index (χ0n) is 25.2. The summed E-state index contributed by atoms with van der Waals surface area (Å²) in [5.74, 6) is 1.08. The van der Waals surface area contributed by atoms with Gasteiger partial charge in [0.15, 0.2) is 0 Å². The number of hydrogen-bond acceptors (Lipinski definition) is 6. The fraction of sp³-hybridized carbons (Fsp3) is 0.441. The first-order valence-electron chi connectivity index (χ1n) is 15.4. The van der Waals surface area contributed by atoms with Crippen molar-refractivity contribution in [3.63, 3.8) is 0 Å². The molecule has 0 aliphatic carbocycles. The number of halogens is 3. The van der Waals surface area contributed by atoms with Gasteiger partial charge in [0.25, 0.3) is 0 Å². The van der Waals surface area contributed by atoms with Crippen LogP contribution in [0, 0.1) is 11.7 Å². The summed E-state index contributed by atoms with van der Waals surface area (Å²) in [5.41, 5.74) is 10.6. The summed E-state index contributed by atoms with van der Waals surface area (Å²) < 4.78 is 13.8. The van der Waals surface area contributed by atoms with E-state index in [4.69, 9.17) is 28.9 Å². The minimum Gasteiger partial charge on any atom is -0.508 e. The highest BCUT2D eigenvalue weighted by Gasteiger charge is 2.33. The molecule has 2 aliphatic rings. The molecule has 3 aromatic carbocycles. The molecule has 2 fully saturated rings. The number of benzene rings is 3. The van der Waals surface area contributed by atoms with E-state index in [1.807, 2.05) is 29.2 Å². The highest BCUT2D eigenvalue weighted by atomic mass is 35.5. The lowest BCUT2D eigenvalue weighted by Crippen LogP contribution is -2.55. The first kappa shape index (κ1) is 33.0. The average Bonchev–Trinajstić information content (AvgIpc) is 3.03. The molecule has 2 aliphatic heterocycles. The van der Waals surface area contributed by atoms with Crippen LogP contribution in [0.15, 0.2) is 59.5 Å². The molecule has 0 unspecified atom stereocenters. The second kappa shape index (κ2) is 15.3. The number of piperazine rings is 1. The lowest BCUT2D eigenvalue weighted by molar-refractivity contribution is -0.136. The van der Waals surface area contributed by atoms with E-state index >= 15 is 0 Å². The van der Waals surface area contributed by atoms with Crippen LogP contribution >= 0.6 is 35.0 Å². The van der Waals surface area contributed by atoms with Gasteiger partial charge in [-0.1, -0.05) is 42.3 Å². The molecule has 0 saturated carbocycles. The predicted octanol–water partition coefficient (Wildman–Crippen LogP) is 6.54. The Morgan fingerprint density at radius 1 is 0.955 bits per heavy atom. The molecule has 3 aromatic rings. The van der Waals surface area contributed by atoms with Gasteiger partial charge in [0, 0.05) is 59.8 Å². The van der Waals surface area contributed by atoms with Crippen molar-refractivity contribution in [2.45, 2.75) is 43.7 Å². The number of piperidine rings is 1. The van der Waals surface area contributed by atoms with E-state index in [2.05, 4.69) is 16.7 Å². The van der Waals surface area contributed by atoms with Crippen LogP contribution in [0.3, 0.4) is 0 Å². The van der Waals surface area contributed by atoms with Gasteiger partial charge in [-0.3, -0.25) is 9.69 Å². The lowest BCUT2D eigenvalue weighted by Gasteiger charge is -2.39. The normalized spacial score (nSPS) is 17.6. The Bertz CT molecular complexity index is 1440. The Hall–Kier alpha value is -2.33. The number of carbonyl (C=O) groups excluding carboxylic acids is 1. The van der Waals surface area contributed by atoms with E-state index in [0.717, 1.165) is 91.4 Å². The quantitative estimate of drug-likeness (QED) is 0.241. The number of phenolic OH excluding ortho intramolecular Hbond substituents is 1. The molecule has 2 heterocycles. The summed E-state index contributed by atoms with van der Waals surface area (Å²) in [5, 5.41) is 11.3. The van der Waals surface area contributed by atoms with E-state index in [-0.39, 0.29) is 23.4 Å². The second-order valence-corrected chi connectivity index (χ2v) is 13.9. The molecule has 10 heteroatoms. The Morgan fingerprint density at radius 3 is 2.43 bits per heavy atom. The summed E-state index contributed by atoms with van der Waals surface area (Å²) in [6, 6.07) is 15.3. The molecule has 0 radical (unpaired) electrons. The van der Waals surface area contributed by atoms with Crippen LogP contribution < -0.4 is 5.73 Å². The van der Waals surface area contributed by atoms with Crippen LogP contribution in [0.25, 0.3) is 11.1 Å². The molecular weight excluding hydrogens is 618 g/mol. The fourth-order valence-corrected chi connectivity index (χ4v) is 7.53. The Morgan fingerprint density at radius 2 is 1.70 bits per heavy atom. The third kappa shape index (κ3) is 8.27. The van der Waals surface area contributed by atoms with Crippen molar-refractivity contribution >= 4 is 40.9 Å².